The molecule has 0 heterocycles. The summed E-state index contributed by atoms with van der Waals surface area (Å²) in [5.41, 5.74) is 2.14. The zero-order chi connectivity index (χ0) is 15.7. The zero-order valence-corrected chi connectivity index (χ0v) is 14.0. The van der Waals surface area contributed by atoms with E-state index in [-0.39, 0.29) is 11.1 Å². The third-order valence-corrected chi connectivity index (χ3v) is 3.30. The van der Waals surface area contributed by atoms with Crippen molar-refractivity contribution in [1.82, 2.24) is 0 Å². The lowest BCUT2D eigenvalue weighted by molar-refractivity contribution is 0.251. The van der Waals surface area contributed by atoms with Crippen LogP contribution < -0.4 is 9.47 Å². The van der Waals surface area contributed by atoms with Gasteiger partial charge in [-0.2, -0.15) is 0 Å². The normalized spacial score (nSPS) is 10.3. The lowest BCUT2D eigenvalue weighted by Gasteiger charge is -2.15. The minimum absolute atomic E-state index is 0.200. The van der Waals surface area contributed by atoms with Crippen LogP contribution in [0.2, 0.25) is 0 Å². The average Bonchev–Trinajstić information content (AvgIpc) is 2.44. The highest BCUT2D eigenvalue weighted by Gasteiger charge is 2.09. The fraction of sp³-hybridized carbons (Fsp3) is 0.500. The van der Waals surface area contributed by atoms with E-state index in [9.17, 15) is 0 Å². The van der Waals surface area contributed by atoms with E-state index in [2.05, 4.69) is 6.92 Å². The number of unbranched alkanes of at least 4 members (excludes halogenated alkanes) is 1. The van der Waals surface area contributed by atoms with E-state index in [1.54, 1.807) is 6.08 Å². The first-order chi connectivity index (χ1) is 10.1. The molecule has 0 aromatic heterocycles. The molecule has 0 spiro atoms. The van der Waals surface area contributed by atoms with Gasteiger partial charge in [0.2, 0.25) is 0 Å². The predicted octanol–water partition coefficient (Wildman–Crippen LogP) is 4.41. The van der Waals surface area contributed by atoms with Gasteiger partial charge in [0.1, 0.15) is 22.6 Å². The highest BCUT2D eigenvalue weighted by atomic mass is 35.5. The second kappa shape index (κ2) is 9.93. The smallest absolute Gasteiger partial charge is 0.125 e. The van der Waals surface area contributed by atoms with E-state index in [0.717, 1.165) is 41.9 Å². The van der Waals surface area contributed by atoms with E-state index in [1.807, 2.05) is 19.1 Å². The molecule has 1 N–H and O–H groups in total. The first kappa shape index (κ1) is 18.1. The number of hydrogen-bond acceptors (Lipinski definition) is 3. The van der Waals surface area contributed by atoms with Gasteiger partial charge in [0.05, 0.1) is 6.61 Å². The first-order valence-corrected chi connectivity index (χ1v) is 7.85. The highest BCUT2D eigenvalue weighted by molar-refractivity contribution is 6.55. The maximum atomic E-state index is 8.78. The van der Waals surface area contributed by atoms with Crippen molar-refractivity contribution in [2.45, 2.75) is 33.1 Å². The minimum atomic E-state index is 0.200. The van der Waals surface area contributed by atoms with Crippen LogP contribution in [0, 0.1) is 6.92 Å². The second-order valence-electron chi connectivity index (χ2n) is 4.67. The molecule has 5 heteroatoms. The van der Waals surface area contributed by atoms with Crippen LogP contribution in [0.1, 0.15) is 30.9 Å². The Morgan fingerprint density at radius 1 is 1.24 bits per heavy atom. The summed E-state index contributed by atoms with van der Waals surface area (Å²) in [6.07, 6.45) is 4.06. The van der Waals surface area contributed by atoms with Gasteiger partial charge in [-0.1, -0.05) is 30.1 Å². The van der Waals surface area contributed by atoms with Crippen LogP contribution in [0.15, 0.2) is 22.7 Å². The van der Waals surface area contributed by atoms with Gasteiger partial charge in [-0.05, 0) is 55.5 Å². The fourth-order valence-electron chi connectivity index (χ4n) is 1.95. The van der Waals surface area contributed by atoms with Crippen LogP contribution in [0.4, 0.5) is 0 Å². The molecule has 1 aromatic carbocycles. The molecule has 118 valence electrons. The van der Waals surface area contributed by atoms with Crippen LogP contribution in [0.3, 0.4) is 0 Å². The van der Waals surface area contributed by atoms with Gasteiger partial charge >= 0.3 is 0 Å². The van der Waals surface area contributed by atoms with E-state index < -0.39 is 0 Å². The van der Waals surface area contributed by atoms with Crippen molar-refractivity contribution in [3.05, 3.63) is 33.8 Å². The van der Waals surface area contributed by atoms with Crippen molar-refractivity contribution in [3.63, 3.8) is 0 Å². The Balaban J connectivity index is 2.74. The minimum Gasteiger partial charge on any atom is -0.493 e. The number of benzene rings is 1. The molecule has 0 unspecified atom stereocenters. The number of aliphatic hydroxyl groups excluding tert-OH is 1. The summed E-state index contributed by atoms with van der Waals surface area (Å²) in [4.78, 5) is 0. The molecule has 0 bridgehead atoms. The molecule has 0 atom stereocenters. The third kappa shape index (κ3) is 6.60. The van der Waals surface area contributed by atoms with Gasteiger partial charge in [0.15, 0.2) is 0 Å². The molecule has 3 nitrogen and oxygen atoms in total. The summed E-state index contributed by atoms with van der Waals surface area (Å²) in [7, 11) is 0. The largest absolute Gasteiger partial charge is 0.493 e. The van der Waals surface area contributed by atoms with Crippen LogP contribution >= 0.6 is 23.2 Å². The van der Waals surface area contributed by atoms with E-state index >= 15 is 0 Å². The maximum absolute atomic E-state index is 8.78. The van der Waals surface area contributed by atoms with Crippen LogP contribution in [0.5, 0.6) is 11.5 Å². The van der Waals surface area contributed by atoms with Gasteiger partial charge < -0.3 is 14.6 Å². The molecule has 1 rings (SSSR count). The Morgan fingerprint density at radius 3 is 2.62 bits per heavy atom. The van der Waals surface area contributed by atoms with E-state index in [0.29, 0.717) is 13.2 Å². The molecule has 0 aliphatic carbocycles. The quantitative estimate of drug-likeness (QED) is 0.681. The molecule has 0 radical (unpaired) electrons. The summed E-state index contributed by atoms with van der Waals surface area (Å²) >= 11 is 11.1. The van der Waals surface area contributed by atoms with Gasteiger partial charge in [0, 0.05) is 6.61 Å². The summed E-state index contributed by atoms with van der Waals surface area (Å²) in [5.74, 6) is 1.69. The topological polar surface area (TPSA) is 38.7 Å². The number of halogens is 2. The Morgan fingerprint density at radius 2 is 2.00 bits per heavy atom. The number of aliphatic hydroxyl groups is 1. The molecule has 0 amide bonds. The summed E-state index contributed by atoms with van der Waals surface area (Å²) in [5, 5.41) is 8.78. The van der Waals surface area contributed by atoms with Crippen molar-refractivity contribution < 1.29 is 14.6 Å². The van der Waals surface area contributed by atoms with Crippen molar-refractivity contribution in [1.29, 1.82) is 0 Å². The Bertz CT molecular complexity index is 469. The molecule has 0 saturated heterocycles. The van der Waals surface area contributed by atoms with E-state index in [4.69, 9.17) is 37.8 Å². The number of hydrogen-bond donors (Lipinski definition) is 1. The average molecular weight is 333 g/mol. The number of rotatable bonds is 9. The monoisotopic (exact) mass is 332 g/mol. The summed E-state index contributed by atoms with van der Waals surface area (Å²) in [6, 6.07) is 3.92. The zero-order valence-electron chi connectivity index (χ0n) is 12.5. The molecule has 1 aromatic rings. The SMILES string of the molecule is CCc1cc(OCC=C(Cl)Cl)cc(C)c1OCCCCO. The maximum Gasteiger partial charge on any atom is 0.125 e. The fourth-order valence-corrected chi connectivity index (χ4v) is 2.08. The number of aryl methyl sites for hydroxylation is 2. The Kier molecular flexibility index (Phi) is 8.58. The molecule has 0 saturated carbocycles. The number of ether oxygens (including phenoxy) is 2. The van der Waals surface area contributed by atoms with Gasteiger partial charge in [-0.3, -0.25) is 0 Å². The second-order valence-corrected chi connectivity index (χ2v) is 5.67. The third-order valence-electron chi connectivity index (χ3n) is 2.99. The van der Waals surface area contributed by atoms with E-state index in [1.165, 1.54) is 0 Å². The summed E-state index contributed by atoms with van der Waals surface area (Å²) in [6.45, 7) is 5.22. The molecule has 0 aliphatic heterocycles. The molecule has 0 aliphatic rings. The molecular weight excluding hydrogens is 311 g/mol. The lowest BCUT2D eigenvalue weighted by atomic mass is 10.1. The Labute approximate surface area is 136 Å². The van der Waals surface area contributed by atoms with Crippen molar-refractivity contribution in [2.24, 2.45) is 0 Å². The molecule has 21 heavy (non-hydrogen) atoms. The van der Waals surface area contributed by atoms with Crippen molar-refractivity contribution in [3.8, 4) is 11.5 Å². The van der Waals surface area contributed by atoms with Crippen LogP contribution in [0.25, 0.3) is 0 Å². The molecular formula is C16H22Cl2O3. The first-order valence-electron chi connectivity index (χ1n) is 7.09. The van der Waals surface area contributed by atoms with Gasteiger partial charge in [0.25, 0.3) is 0 Å². The van der Waals surface area contributed by atoms with Crippen LogP contribution in [-0.4, -0.2) is 24.9 Å². The van der Waals surface area contributed by atoms with Crippen molar-refractivity contribution in [2.75, 3.05) is 19.8 Å². The van der Waals surface area contributed by atoms with Gasteiger partial charge in [-0.15, -0.1) is 0 Å². The Hall–Kier alpha value is -0.900. The lowest BCUT2D eigenvalue weighted by Crippen LogP contribution is -2.04. The standard InChI is InChI=1S/C16H22Cl2O3/c1-3-13-11-14(20-9-6-15(17)18)10-12(2)16(13)21-8-5-4-7-19/h6,10-11,19H,3-5,7-9H2,1-2H3. The highest BCUT2D eigenvalue weighted by Crippen LogP contribution is 2.30. The van der Waals surface area contributed by atoms with Crippen LogP contribution in [-0.2, 0) is 6.42 Å². The van der Waals surface area contributed by atoms with Gasteiger partial charge in [-0.25, -0.2) is 0 Å². The van der Waals surface area contributed by atoms with Crippen molar-refractivity contribution >= 4 is 23.2 Å². The predicted molar refractivity (Wildman–Crippen MR) is 87.7 cm³/mol. The molecule has 0 fully saturated rings. The summed E-state index contributed by atoms with van der Waals surface area (Å²) < 4.78 is 11.6.